The first-order valence-corrected chi connectivity index (χ1v) is 9.74. The molecule has 3 heterocycles. The first kappa shape index (κ1) is 19.1. The average molecular weight is 392 g/mol. The van der Waals surface area contributed by atoms with Crippen molar-refractivity contribution in [3.8, 4) is 11.8 Å². The third-order valence-electron chi connectivity index (χ3n) is 4.96. The average Bonchev–Trinajstić information content (AvgIpc) is 3.18. The van der Waals surface area contributed by atoms with E-state index in [2.05, 4.69) is 37.4 Å². The maximum Gasteiger partial charge on any atom is 0.321 e. The maximum atomic E-state index is 11.4. The molecule has 0 atom stereocenters. The van der Waals surface area contributed by atoms with E-state index in [1.807, 2.05) is 22.9 Å². The number of ether oxygens (including phenoxy) is 1. The van der Waals surface area contributed by atoms with Gasteiger partial charge in [-0.25, -0.2) is 14.6 Å². The van der Waals surface area contributed by atoms with Crippen molar-refractivity contribution in [3.05, 3.63) is 60.6 Å². The lowest BCUT2D eigenvalue weighted by atomic mass is 10.0. The van der Waals surface area contributed by atoms with E-state index in [1.165, 1.54) is 12.5 Å². The Morgan fingerprint density at radius 1 is 1.10 bits per heavy atom. The molecule has 2 aromatic heterocycles. The number of nitrogens with one attached hydrogen (secondary N) is 1. The van der Waals surface area contributed by atoms with Crippen molar-refractivity contribution in [1.82, 2.24) is 24.6 Å². The molecule has 1 aliphatic heterocycles. The number of hydrogen-bond donors (Lipinski definition) is 1. The molecule has 0 aliphatic carbocycles. The molecular weight excluding hydrogens is 368 g/mol. The van der Waals surface area contributed by atoms with Gasteiger partial charge in [-0.15, -0.1) is 0 Å². The van der Waals surface area contributed by atoms with E-state index in [1.54, 1.807) is 24.7 Å². The number of benzene rings is 1. The van der Waals surface area contributed by atoms with E-state index in [-0.39, 0.29) is 5.91 Å². The van der Waals surface area contributed by atoms with Crippen molar-refractivity contribution in [2.24, 2.45) is 0 Å². The molecule has 8 nitrogen and oxygen atoms in total. The molecule has 150 valence electrons. The van der Waals surface area contributed by atoms with Gasteiger partial charge in [-0.2, -0.15) is 5.10 Å². The van der Waals surface area contributed by atoms with Crippen LogP contribution in [0.5, 0.6) is 11.8 Å². The van der Waals surface area contributed by atoms with Crippen molar-refractivity contribution >= 4 is 11.7 Å². The van der Waals surface area contributed by atoms with Gasteiger partial charge in [0.1, 0.15) is 11.6 Å². The topological polar surface area (TPSA) is 85.2 Å². The largest absolute Gasteiger partial charge is 0.424 e. The number of amides is 1. The summed E-state index contributed by atoms with van der Waals surface area (Å²) in [6.07, 6.45) is 7.05. The van der Waals surface area contributed by atoms with Crippen LogP contribution in [0.2, 0.25) is 0 Å². The van der Waals surface area contributed by atoms with Crippen LogP contribution in [-0.4, -0.2) is 43.6 Å². The molecule has 1 saturated heterocycles. The van der Waals surface area contributed by atoms with Crippen LogP contribution in [0, 0.1) is 0 Å². The second kappa shape index (κ2) is 8.83. The van der Waals surface area contributed by atoms with Gasteiger partial charge >= 0.3 is 6.01 Å². The second-order valence-electron chi connectivity index (χ2n) is 7.13. The van der Waals surface area contributed by atoms with Crippen LogP contribution >= 0.6 is 0 Å². The van der Waals surface area contributed by atoms with Gasteiger partial charge < -0.3 is 10.1 Å². The minimum atomic E-state index is -0.0737. The Balaban J connectivity index is 1.30. The lowest BCUT2D eigenvalue weighted by Crippen LogP contribution is -2.34. The highest BCUT2D eigenvalue weighted by Crippen LogP contribution is 2.26. The van der Waals surface area contributed by atoms with E-state index in [0.717, 1.165) is 44.0 Å². The van der Waals surface area contributed by atoms with Gasteiger partial charge in [-0.05, 0) is 36.6 Å². The number of rotatable bonds is 6. The fourth-order valence-corrected chi connectivity index (χ4v) is 3.57. The predicted octanol–water partition coefficient (Wildman–Crippen LogP) is 3.26. The van der Waals surface area contributed by atoms with Gasteiger partial charge in [-0.3, -0.25) is 9.69 Å². The summed E-state index contributed by atoms with van der Waals surface area (Å²) in [5.41, 5.74) is 1.24. The molecular formula is C21H24N6O2. The minimum absolute atomic E-state index is 0.0737. The zero-order valence-corrected chi connectivity index (χ0v) is 16.4. The van der Waals surface area contributed by atoms with Crippen LogP contribution in [0.3, 0.4) is 0 Å². The van der Waals surface area contributed by atoms with Crippen LogP contribution in [0.15, 0.2) is 55.0 Å². The summed E-state index contributed by atoms with van der Waals surface area (Å²) >= 11 is 0. The summed E-state index contributed by atoms with van der Waals surface area (Å²) in [6.45, 7) is 4.38. The van der Waals surface area contributed by atoms with E-state index >= 15 is 0 Å². The zero-order chi connectivity index (χ0) is 20.1. The molecule has 3 aromatic rings. The highest BCUT2D eigenvalue weighted by atomic mass is 16.5. The Morgan fingerprint density at radius 2 is 1.83 bits per heavy atom. The smallest absolute Gasteiger partial charge is 0.321 e. The fourth-order valence-electron chi connectivity index (χ4n) is 3.57. The van der Waals surface area contributed by atoms with Gasteiger partial charge in [0, 0.05) is 45.0 Å². The second-order valence-corrected chi connectivity index (χ2v) is 7.13. The first-order valence-electron chi connectivity index (χ1n) is 9.74. The minimum Gasteiger partial charge on any atom is -0.424 e. The number of aromatic nitrogens is 4. The monoisotopic (exact) mass is 392 g/mol. The van der Waals surface area contributed by atoms with Gasteiger partial charge in [0.25, 0.3) is 0 Å². The summed E-state index contributed by atoms with van der Waals surface area (Å²) in [4.78, 5) is 21.9. The summed E-state index contributed by atoms with van der Waals surface area (Å²) in [6, 6.07) is 12.3. The van der Waals surface area contributed by atoms with Gasteiger partial charge in [0.05, 0.1) is 12.2 Å². The van der Waals surface area contributed by atoms with Crippen LogP contribution in [0.1, 0.15) is 31.4 Å². The number of anilines is 1. The van der Waals surface area contributed by atoms with Crippen molar-refractivity contribution < 1.29 is 9.53 Å². The number of carbonyl (C=O) groups excluding carboxylic acids is 1. The predicted molar refractivity (Wildman–Crippen MR) is 109 cm³/mol. The molecule has 8 heteroatoms. The van der Waals surface area contributed by atoms with Crippen LogP contribution in [-0.2, 0) is 11.3 Å². The molecule has 1 aliphatic rings. The zero-order valence-electron chi connectivity index (χ0n) is 16.4. The first-order chi connectivity index (χ1) is 14.2. The van der Waals surface area contributed by atoms with E-state index in [4.69, 9.17) is 4.74 Å². The highest BCUT2D eigenvalue weighted by molar-refractivity contribution is 5.87. The molecule has 0 spiro atoms. The third-order valence-corrected chi connectivity index (χ3v) is 4.96. The molecule has 1 aromatic carbocycles. The van der Waals surface area contributed by atoms with Crippen molar-refractivity contribution in [2.45, 2.75) is 32.4 Å². The fraction of sp³-hybridized carbons (Fsp3) is 0.333. The molecule has 0 radical (unpaired) electrons. The number of piperidine rings is 1. The Morgan fingerprint density at radius 3 is 2.52 bits per heavy atom. The molecule has 0 bridgehead atoms. The summed E-state index contributed by atoms with van der Waals surface area (Å²) < 4.78 is 7.58. The SMILES string of the molecule is CC(=O)Nc1ccnn1C1CCN(Cc2ccc(Oc3ncccn3)cc2)CC1. The van der Waals surface area contributed by atoms with Crippen molar-refractivity contribution in [3.63, 3.8) is 0 Å². The van der Waals surface area contributed by atoms with Crippen LogP contribution in [0.25, 0.3) is 0 Å². The quantitative estimate of drug-likeness (QED) is 0.693. The standard InChI is InChI=1S/C21H24N6O2/c1-16(28)25-20-7-12-24-27(20)18-8-13-26(14-9-18)15-17-3-5-19(6-4-17)29-21-22-10-2-11-23-21/h2-7,10-12,18H,8-9,13-15H2,1H3,(H,25,28). The number of hydrogen-bond acceptors (Lipinski definition) is 6. The van der Waals surface area contributed by atoms with Crippen LogP contribution < -0.4 is 10.1 Å². The lowest BCUT2D eigenvalue weighted by molar-refractivity contribution is -0.114. The Bertz CT molecular complexity index is 933. The summed E-state index contributed by atoms with van der Waals surface area (Å²) in [5, 5.41) is 7.26. The van der Waals surface area contributed by atoms with Gasteiger partial charge in [0.2, 0.25) is 5.91 Å². The molecule has 4 rings (SSSR count). The van der Waals surface area contributed by atoms with Gasteiger partial charge in [0.15, 0.2) is 0 Å². The number of likely N-dealkylation sites (tertiary alicyclic amines) is 1. The summed E-state index contributed by atoms with van der Waals surface area (Å²) in [7, 11) is 0. The molecule has 1 N–H and O–H groups in total. The van der Waals surface area contributed by atoms with Crippen LogP contribution in [0.4, 0.5) is 5.82 Å². The number of nitrogens with zero attached hydrogens (tertiary/aromatic N) is 5. The Kier molecular flexibility index (Phi) is 5.81. The van der Waals surface area contributed by atoms with E-state index in [0.29, 0.717) is 12.1 Å². The molecule has 1 amide bonds. The van der Waals surface area contributed by atoms with Gasteiger partial charge in [-0.1, -0.05) is 12.1 Å². The molecule has 0 saturated carbocycles. The summed E-state index contributed by atoms with van der Waals surface area (Å²) in [5.74, 6) is 1.42. The third kappa shape index (κ3) is 4.97. The van der Waals surface area contributed by atoms with E-state index < -0.39 is 0 Å². The molecule has 1 fully saturated rings. The lowest BCUT2D eigenvalue weighted by Gasteiger charge is -2.32. The van der Waals surface area contributed by atoms with E-state index in [9.17, 15) is 4.79 Å². The van der Waals surface area contributed by atoms with Crippen molar-refractivity contribution in [1.29, 1.82) is 0 Å². The number of carbonyl (C=O) groups is 1. The molecule has 29 heavy (non-hydrogen) atoms. The normalized spacial score (nSPS) is 15.2. The Hall–Kier alpha value is -3.26. The Labute approximate surface area is 169 Å². The maximum absolute atomic E-state index is 11.4. The highest BCUT2D eigenvalue weighted by Gasteiger charge is 2.23. The van der Waals surface area contributed by atoms with Crippen molar-refractivity contribution in [2.75, 3.05) is 18.4 Å². The molecule has 0 unspecified atom stereocenters.